The summed E-state index contributed by atoms with van der Waals surface area (Å²) >= 11 is 1.09. The van der Waals surface area contributed by atoms with E-state index in [-0.39, 0.29) is 19.4 Å². The van der Waals surface area contributed by atoms with Crippen molar-refractivity contribution in [2.75, 3.05) is 11.9 Å². The van der Waals surface area contributed by atoms with Crippen LogP contribution >= 0.6 is 11.3 Å². The normalized spacial score (nSPS) is 12.8. The zero-order chi connectivity index (χ0) is 22.4. The van der Waals surface area contributed by atoms with Gasteiger partial charge in [0.15, 0.2) is 5.13 Å². The van der Waals surface area contributed by atoms with E-state index >= 15 is 0 Å². The summed E-state index contributed by atoms with van der Waals surface area (Å²) in [5.41, 5.74) is -0.781. The van der Waals surface area contributed by atoms with E-state index in [9.17, 15) is 14.4 Å². The third-order valence-corrected chi connectivity index (χ3v) is 4.37. The molecule has 1 unspecified atom stereocenters. The average molecular weight is 429 g/mol. The van der Waals surface area contributed by atoms with Gasteiger partial charge in [0.1, 0.15) is 22.1 Å². The van der Waals surface area contributed by atoms with Crippen molar-refractivity contribution in [3.63, 3.8) is 0 Å². The van der Waals surface area contributed by atoms with Crippen molar-refractivity contribution >= 4 is 34.4 Å². The number of anilines is 1. The van der Waals surface area contributed by atoms with Gasteiger partial charge in [0.2, 0.25) is 0 Å². The first-order valence-corrected chi connectivity index (χ1v) is 10.4. The number of aryl methyl sites for hydroxylation is 1. The molecule has 0 fully saturated rings. The highest BCUT2D eigenvalue weighted by atomic mass is 32.1. The summed E-state index contributed by atoms with van der Waals surface area (Å²) in [6.07, 6.45) is 0.195. The van der Waals surface area contributed by atoms with Gasteiger partial charge in [0, 0.05) is 6.42 Å². The Morgan fingerprint density at radius 1 is 1.07 bits per heavy atom. The number of aromatic nitrogens is 1. The number of thiazole rings is 1. The number of nitrogens with one attached hydrogen (secondary N) is 1. The highest BCUT2D eigenvalue weighted by Gasteiger charge is 2.28. The van der Waals surface area contributed by atoms with Crippen molar-refractivity contribution in [3.05, 3.63) is 10.6 Å². The number of rotatable bonds is 8. The molecule has 164 valence electrons. The van der Waals surface area contributed by atoms with Crippen LogP contribution in [0.3, 0.4) is 0 Å². The summed E-state index contributed by atoms with van der Waals surface area (Å²) in [7, 11) is 0. The third kappa shape index (κ3) is 9.25. The van der Waals surface area contributed by atoms with E-state index in [0.29, 0.717) is 15.7 Å². The summed E-state index contributed by atoms with van der Waals surface area (Å²) in [6.45, 7) is 14.3. The lowest BCUT2D eigenvalue weighted by molar-refractivity contribution is -0.157. The molecule has 0 saturated carbocycles. The van der Waals surface area contributed by atoms with Crippen molar-refractivity contribution in [1.82, 2.24) is 4.98 Å². The molecule has 0 aromatic carbocycles. The predicted octanol–water partition coefficient (Wildman–Crippen LogP) is 3.87. The molecule has 1 rings (SSSR count). The van der Waals surface area contributed by atoms with Gasteiger partial charge in [-0.1, -0.05) is 11.3 Å². The molecule has 0 saturated heterocycles. The molecular formula is C20H32N2O6S. The fourth-order valence-electron chi connectivity index (χ4n) is 2.27. The molecule has 0 aliphatic rings. The zero-order valence-electron chi connectivity index (χ0n) is 18.5. The molecule has 0 amide bonds. The van der Waals surface area contributed by atoms with Crippen LogP contribution in [0.15, 0.2) is 0 Å². The topological polar surface area (TPSA) is 104 Å². The molecule has 0 spiro atoms. The van der Waals surface area contributed by atoms with Gasteiger partial charge in [-0.2, -0.15) is 0 Å². The average Bonchev–Trinajstić information content (AvgIpc) is 2.88. The quantitative estimate of drug-likeness (QED) is 0.491. The van der Waals surface area contributed by atoms with Crippen molar-refractivity contribution < 1.29 is 28.6 Å². The summed E-state index contributed by atoms with van der Waals surface area (Å²) < 4.78 is 15.8. The maximum Gasteiger partial charge on any atom is 0.350 e. The van der Waals surface area contributed by atoms with Crippen LogP contribution < -0.4 is 5.32 Å². The smallest absolute Gasteiger partial charge is 0.350 e. The van der Waals surface area contributed by atoms with Gasteiger partial charge >= 0.3 is 17.9 Å². The van der Waals surface area contributed by atoms with Crippen LogP contribution in [0.1, 0.15) is 76.7 Å². The molecule has 1 aromatic rings. The predicted molar refractivity (Wildman–Crippen MR) is 111 cm³/mol. The number of hydrogen-bond acceptors (Lipinski definition) is 9. The van der Waals surface area contributed by atoms with E-state index in [4.69, 9.17) is 14.2 Å². The van der Waals surface area contributed by atoms with Crippen LogP contribution in [0.4, 0.5) is 5.13 Å². The first-order chi connectivity index (χ1) is 13.2. The third-order valence-electron chi connectivity index (χ3n) is 3.30. The van der Waals surface area contributed by atoms with Gasteiger partial charge < -0.3 is 19.5 Å². The van der Waals surface area contributed by atoms with E-state index < -0.39 is 35.2 Å². The highest BCUT2D eigenvalue weighted by molar-refractivity contribution is 7.17. The number of carbonyl (C=O) groups excluding carboxylic acids is 3. The molecule has 0 radical (unpaired) electrons. The maximum atomic E-state index is 12.6. The number of hydrogen-bond donors (Lipinski definition) is 1. The molecule has 9 heteroatoms. The SMILES string of the molecule is CCOC(=O)c1sc(NC(CCC(=O)OC(C)(C)C)C(=O)OC(C)(C)C)nc1C. The highest BCUT2D eigenvalue weighted by Crippen LogP contribution is 2.25. The van der Waals surface area contributed by atoms with E-state index in [2.05, 4.69) is 10.3 Å². The maximum absolute atomic E-state index is 12.6. The molecule has 0 aliphatic carbocycles. The van der Waals surface area contributed by atoms with Gasteiger partial charge in [-0.15, -0.1) is 0 Å². The second-order valence-electron chi connectivity index (χ2n) is 8.51. The first kappa shape index (κ1) is 24.9. The minimum absolute atomic E-state index is 0.0310. The lowest BCUT2D eigenvalue weighted by Gasteiger charge is -2.25. The molecule has 1 atom stereocenters. The monoisotopic (exact) mass is 428 g/mol. The summed E-state index contributed by atoms with van der Waals surface area (Å²) in [5, 5.41) is 3.38. The molecular weight excluding hydrogens is 396 g/mol. The second kappa shape index (κ2) is 10.0. The summed E-state index contributed by atoms with van der Waals surface area (Å²) in [6, 6.07) is -0.817. The molecule has 8 nitrogen and oxygen atoms in total. The number of esters is 3. The van der Waals surface area contributed by atoms with Crippen molar-refractivity contribution in [2.24, 2.45) is 0 Å². The van der Waals surface area contributed by atoms with E-state index in [1.807, 2.05) is 0 Å². The minimum atomic E-state index is -0.817. The molecule has 1 aromatic heterocycles. The Balaban J connectivity index is 2.94. The lowest BCUT2D eigenvalue weighted by Crippen LogP contribution is -2.37. The second-order valence-corrected chi connectivity index (χ2v) is 9.51. The van der Waals surface area contributed by atoms with E-state index in [0.717, 1.165) is 11.3 Å². The fourth-order valence-corrected chi connectivity index (χ4v) is 3.18. The first-order valence-electron chi connectivity index (χ1n) is 9.57. The van der Waals surface area contributed by atoms with Crippen LogP contribution in [0.2, 0.25) is 0 Å². The standard InChI is InChI=1S/C20H32N2O6S/c1-9-26-17(25)15-12(2)21-18(29-15)22-13(16(24)28-20(6,7)8)10-11-14(23)27-19(3,4)5/h13H,9-11H2,1-8H3,(H,21,22). The number of ether oxygens (including phenoxy) is 3. The zero-order valence-corrected chi connectivity index (χ0v) is 19.3. The summed E-state index contributed by atoms with van der Waals surface area (Å²) in [5.74, 6) is -1.37. The van der Waals surface area contributed by atoms with Gasteiger partial charge in [-0.05, 0) is 61.8 Å². The van der Waals surface area contributed by atoms with Gasteiger partial charge in [0.25, 0.3) is 0 Å². The summed E-state index contributed by atoms with van der Waals surface area (Å²) in [4.78, 5) is 41.4. The van der Waals surface area contributed by atoms with Gasteiger partial charge in [0.05, 0.1) is 12.3 Å². The van der Waals surface area contributed by atoms with Crippen LogP contribution in [0, 0.1) is 6.92 Å². The number of carbonyl (C=O) groups is 3. The van der Waals surface area contributed by atoms with Crippen LogP contribution in [-0.2, 0) is 23.8 Å². The molecule has 1 heterocycles. The van der Waals surface area contributed by atoms with Crippen molar-refractivity contribution in [1.29, 1.82) is 0 Å². The fraction of sp³-hybridized carbons (Fsp3) is 0.700. The Hall–Kier alpha value is -2.16. The Bertz CT molecular complexity index is 730. The molecule has 1 N–H and O–H groups in total. The van der Waals surface area contributed by atoms with E-state index in [1.165, 1.54) is 0 Å². The molecule has 0 aliphatic heterocycles. The Morgan fingerprint density at radius 2 is 1.66 bits per heavy atom. The van der Waals surface area contributed by atoms with Crippen LogP contribution in [0.25, 0.3) is 0 Å². The van der Waals surface area contributed by atoms with Crippen LogP contribution in [0.5, 0.6) is 0 Å². The van der Waals surface area contributed by atoms with Gasteiger partial charge in [-0.3, -0.25) is 4.79 Å². The lowest BCUT2D eigenvalue weighted by atomic mass is 10.1. The van der Waals surface area contributed by atoms with Gasteiger partial charge in [-0.25, -0.2) is 14.6 Å². The van der Waals surface area contributed by atoms with Crippen LogP contribution in [-0.4, -0.2) is 46.7 Å². The Kier molecular flexibility index (Phi) is 8.62. The minimum Gasteiger partial charge on any atom is -0.462 e. The van der Waals surface area contributed by atoms with Crippen molar-refractivity contribution in [3.8, 4) is 0 Å². The molecule has 29 heavy (non-hydrogen) atoms. The Morgan fingerprint density at radius 3 is 2.17 bits per heavy atom. The Labute approximate surface area is 176 Å². The molecule has 0 bridgehead atoms. The largest absolute Gasteiger partial charge is 0.462 e. The van der Waals surface area contributed by atoms with Crippen molar-refractivity contribution in [2.45, 2.75) is 85.5 Å². The number of nitrogens with zero attached hydrogens (tertiary/aromatic N) is 1. The van der Waals surface area contributed by atoms with E-state index in [1.54, 1.807) is 55.4 Å².